The Labute approximate surface area is 225 Å². The van der Waals surface area contributed by atoms with Gasteiger partial charge in [-0.3, -0.25) is 14.4 Å². The maximum Gasteiger partial charge on any atom is 0.237 e. The number of Topliss-reactive ketones (excluding diaryl/α,β-unsaturated/α-hetero) is 1. The van der Waals surface area contributed by atoms with Crippen LogP contribution in [-0.4, -0.2) is 48.2 Å². The number of carbonyl (C=O) groups excluding carboxylic acids is 3. The highest BCUT2D eigenvalue weighted by Gasteiger charge is 2.37. The highest BCUT2D eigenvalue weighted by Crippen LogP contribution is 2.38. The molecule has 4 rings (SSSR count). The summed E-state index contributed by atoms with van der Waals surface area (Å²) in [6.45, 7) is 9.36. The van der Waals surface area contributed by atoms with Crippen LogP contribution in [0.2, 0.25) is 0 Å². The van der Waals surface area contributed by atoms with Crippen LogP contribution in [-0.2, 0) is 14.4 Å². The van der Waals surface area contributed by atoms with Crippen molar-refractivity contribution in [2.24, 2.45) is 11.8 Å². The zero-order valence-electron chi connectivity index (χ0n) is 22.9. The summed E-state index contributed by atoms with van der Waals surface area (Å²) >= 11 is 0. The van der Waals surface area contributed by atoms with E-state index in [1.165, 1.54) is 0 Å². The lowest BCUT2D eigenvalue weighted by atomic mass is 9.78. The number of carbonyl (C=O) groups is 3. The molecule has 0 aromatic heterocycles. The van der Waals surface area contributed by atoms with E-state index in [1.807, 2.05) is 62.1 Å². The number of hydrogen-bond acceptors (Lipinski definition) is 4. The van der Waals surface area contributed by atoms with Crippen LogP contribution in [0.25, 0.3) is 11.1 Å². The molecule has 6 nitrogen and oxygen atoms in total. The highest BCUT2D eigenvalue weighted by atomic mass is 19.1. The van der Waals surface area contributed by atoms with Crippen LogP contribution >= 0.6 is 0 Å². The molecule has 0 aliphatic carbocycles. The van der Waals surface area contributed by atoms with Crippen molar-refractivity contribution in [1.82, 2.24) is 15.5 Å². The predicted octanol–water partition coefficient (Wildman–Crippen LogP) is 4.99. The summed E-state index contributed by atoms with van der Waals surface area (Å²) in [5.41, 5.74) is 2.11. The highest BCUT2D eigenvalue weighted by molar-refractivity contribution is 5.95. The van der Waals surface area contributed by atoms with Crippen molar-refractivity contribution in [3.63, 3.8) is 0 Å². The Morgan fingerprint density at radius 1 is 0.974 bits per heavy atom. The van der Waals surface area contributed by atoms with Crippen molar-refractivity contribution in [2.75, 3.05) is 19.6 Å². The molecule has 2 heterocycles. The number of benzene rings is 2. The maximum atomic E-state index is 16.1. The van der Waals surface area contributed by atoms with Crippen LogP contribution in [0.3, 0.4) is 0 Å². The Kier molecular flexibility index (Phi) is 8.98. The molecule has 2 saturated heterocycles. The number of nitrogens with zero attached hydrogens (tertiary/aromatic N) is 1. The van der Waals surface area contributed by atoms with Gasteiger partial charge in [-0.25, -0.2) is 4.39 Å². The smallest absolute Gasteiger partial charge is 0.237 e. The standard InChI is InChI=1S/C31H40FN3O3/c1-19(2)24-12-13-25(27(28(24)32)23-9-6-5-7-10-23)29(34-31(38)26-11-8-16-33-26)30(37)20(3)22-14-17-35(18-15-22)21(4)36/h5-7,9-10,12-13,19-20,22,26,29,33H,8,11,14-18H2,1-4H3,(H,34,38). The third kappa shape index (κ3) is 5.98. The lowest BCUT2D eigenvalue weighted by Crippen LogP contribution is -2.46. The molecule has 7 heteroatoms. The second-order valence-electron chi connectivity index (χ2n) is 11.1. The van der Waals surface area contributed by atoms with Crippen molar-refractivity contribution in [1.29, 1.82) is 0 Å². The lowest BCUT2D eigenvalue weighted by molar-refractivity contribution is -0.133. The second-order valence-corrected chi connectivity index (χ2v) is 11.1. The second kappa shape index (κ2) is 12.2. The van der Waals surface area contributed by atoms with Gasteiger partial charge in [0.05, 0.1) is 6.04 Å². The Bertz CT molecular complexity index is 1150. The average Bonchev–Trinajstić information content (AvgIpc) is 3.46. The maximum absolute atomic E-state index is 16.1. The van der Waals surface area contributed by atoms with Gasteiger partial charge in [-0.05, 0) is 60.8 Å². The number of piperidine rings is 1. The lowest BCUT2D eigenvalue weighted by Gasteiger charge is -2.35. The Morgan fingerprint density at radius 2 is 1.63 bits per heavy atom. The van der Waals surface area contributed by atoms with E-state index in [4.69, 9.17) is 0 Å². The van der Waals surface area contributed by atoms with Crippen LogP contribution < -0.4 is 10.6 Å². The molecule has 38 heavy (non-hydrogen) atoms. The topological polar surface area (TPSA) is 78.5 Å². The summed E-state index contributed by atoms with van der Waals surface area (Å²) < 4.78 is 16.1. The van der Waals surface area contributed by atoms with Crippen LogP contribution in [0, 0.1) is 17.7 Å². The fourth-order valence-corrected chi connectivity index (χ4v) is 5.85. The average molecular weight is 522 g/mol. The van der Waals surface area contributed by atoms with Crippen LogP contribution in [0.5, 0.6) is 0 Å². The summed E-state index contributed by atoms with van der Waals surface area (Å²) in [5, 5.41) is 6.23. The van der Waals surface area contributed by atoms with E-state index >= 15 is 4.39 Å². The normalized spacial score (nSPS) is 19.8. The van der Waals surface area contributed by atoms with Crippen LogP contribution in [0.15, 0.2) is 42.5 Å². The minimum absolute atomic E-state index is 0.0386. The van der Waals surface area contributed by atoms with Gasteiger partial charge in [-0.15, -0.1) is 0 Å². The van der Waals surface area contributed by atoms with E-state index in [2.05, 4.69) is 10.6 Å². The molecule has 0 bridgehead atoms. The Balaban J connectivity index is 1.74. The monoisotopic (exact) mass is 521 g/mol. The van der Waals surface area contributed by atoms with Crippen LogP contribution in [0.1, 0.15) is 76.5 Å². The number of halogens is 1. The molecule has 0 spiro atoms. The molecule has 2 aliphatic heterocycles. The molecule has 2 aromatic carbocycles. The predicted molar refractivity (Wildman–Crippen MR) is 147 cm³/mol. The summed E-state index contributed by atoms with van der Waals surface area (Å²) in [7, 11) is 0. The van der Waals surface area contributed by atoms with E-state index in [9.17, 15) is 14.4 Å². The van der Waals surface area contributed by atoms with Gasteiger partial charge in [0.25, 0.3) is 0 Å². The number of ketones is 1. The SMILES string of the molecule is CC(=O)N1CCC(C(C)C(=O)C(NC(=O)C2CCCN2)c2ccc(C(C)C)c(F)c2-c2ccccc2)CC1. The number of likely N-dealkylation sites (tertiary alicyclic amines) is 1. The van der Waals surface area contributed by atoms with E-state index in [1.54, 1.807) is 13.0 Å². The molecular weight excluding hydrogens is 481 g/mol. The molecule has 2 amide bonds. The molecule has 2 N–H and O–H groups in total. The number of amides is 2. The quantitative estimate of drug-likeness (QED) is 0.513. The van der Waals surface area contributed by atoms with Gasteiger partial charge in [-0.1, -0.05) is 63.2 Å². The Morgan fingerprint density at radius 3 is 2.21 bits per heavy atom. The van der Waals surface area contributed by atoms with Gasteiger partial charge in [-0.2, -0.15) is 0 Å². The fourth-order valence-electron chi connectivity index (χ4n) is 5.85. The molecule has 3 unspecified atom stereocenters. The van der Waals surface area contributed by atoms with Crippen molar-refractivity contribution < 1.29 is 18.8 Å². The first-order valence-electron chi connectivity index (χ1n) is 13.9. The van der Waals surface area contributed by atoms with Crippen molar-refractivity contribution in [3.8, 4) is 11.1 Å². The summed E-state index contributed by atoms with van der Waals surface area (Å²) in [4.78, 5) is 41.1. The molecule has 2 fully saturated rings. The van der Waals surface area contributed by atoms with Crippen molar-refractivity contribution in [2.45, 2.75) is 71.4 Å². The van der Waals surface area contributed by atoms with Crippen molar-refractivity contribution in [3.05, 3.63) is 59.4 Å². The number of hydrogen-bond donors (Lipinski definition) is 2. The molecular formula is C31H40FN3O3. The first-order valence-corrected chi connectivity index (χ1v) is 13.9. The van der Waals surface area contributed by atoms with Crippen LogP contribution in [0.4, 0.5) is 4.39 Å². The molecule has 3 atom stereocenters. The van der Waals surface area contributed by atoms with Gasteiger partial charge in [0.2, 0.25) is 11.8 Å². The van der Waals surface area contributed by atoms with Gasteiger partial charge in [0, 0.05) is 31.5 Å². The first-order chi connectivity index (χ1) is 18.2. The summed E-state index contributed by atoms with van der Waals surface area (Å²) in [6, 6.07) is 11.5. The zero-order chi connectivity index (χ0) is 27.4. The minimum atomic E-state index is -0.975. The van der Waals surface area contributed by atoms with Gasteiger partial charge in [0.1, 0.15) is 11.9 Å². The van der Waals surface area contributed by atoms with Crippen molar-refractivity contribution >= 4 is 17.6 Å². The summed E-state index contributed by atoms with van der Waals surface area (Å²) in [5.74, 6) is -0.965. The number of nitrogens with one attached hydrogen (secondary N) is 2. The van der Waals surface area contributed by atoms with E-state index in [0.717, 1.165) is 25.8 Å². The Hall–Kier alpha value is -3.06. The first kappa shape index (κ1) is 28.0. The summed E-state index contributed by atoms with van der Waals surface area (Å²) in [6.07, 6.45) is 3.06. The third-order valence-corrected chi connectivity index (χ3v) is 8.29. The number of rotatable bonds is 8. The van der Waals surface area contributed by atoms with E-state index in [-0.39, 0.29) is 47.2 Å². The van der Waals surface area contributed by atoms with E-state index < -0.39 is 6.04 Å². The van der Waals surface area contributed by atoms with E-state index in [0.29, 0.717) is 41.8 Å². The molecule has 0 saturated carbocycles. The molecule has 2 aromatic rings. The van der Waals surface area contributed by atoms with Gasteiger partial charge < -0.3 is 15.5 Å². The fraction of sp³-hybridized carbons (Fsp3) is 0.516. The van der Waals surface area contributed by atoms with Gasteiger partial charge in [0.15, 0.2) is 5.78 Å². The minimum Gasteiger partial charge on any atom is -0.343 e. The zero-order valence-corrected chi connectivity index (χ0v) is 22.9. The third-order valence-electron chi connectivity index (χ3n) is 8.29. The molecule has 2 aliphatic rings. The van der Waals surface area contributed by atoms with Gasteiger partial charge >= 0.3 is 0 Å². The molecule has 0 radical (unpaired) electrons. The molecule has 204 valence electrons. The largest absolute Gasteiger partial charge is 0.343 e.